The van der Waals surface area contributed by atoms with E-state index in [1.54, 1.807) is 4.90 Å². The van der Waals surface area contributed by atoms with Crippen LogP contribution >= 0.6 is 0 Å². The average molecular weight is 275 g/mol. The second-order valence-electron chi connectivity index (χ2n) is 5.68. The van der Waals surface area contributed by atoms with Gasteiger partial charge in [0, 0.05) is 18.7 Å². The molecule has 1 aromatic carbocycles. The van der Waals surface area contributed by atoms with Crippen molar-refractivity contribution in [3.8, 4) is 0 Å². The van der Waals surface area contributed by atoms with Gasteiger partial charge < -0.3 is 10.0 Å². The molecule has 0 aromatic heterocycles. The number of carboxylic acids is 1. The molecule has 1 N–H and O–H groups in total. The van der Waals surface area contributed by atoms with Crippen LogP contribution in [0.5, 0.6) is 0 Å². The molecular weight excluding hydrogens is 254 g/mol. The van der Waals surface area contributed by atoms with E-state index >= 15 is 0 Å². The van der Waals surface area contributed by atoms with E-state index in [1.165, 1.54) is 5.56 Å². The van der Waals surface area contributed by atoms with Crippen molar-refractivity contribution in [1.29, 1.82) is 0 Å². The number of aliphatic carboxylic acids is 1. The zero-order valence-corrected chi connectivity index (χ0v) is 12.0. The zero-order valence-electron chi connectivity index (χ0n) is 12.0. The molecule has 0 spiro atoms. The maximum atomic E-state index is 12.3. The lowest BCUT2D eigenvalue weighted by atomic mass is 9.96. The van der Waals surface area contributed by atoms with Gasteiger partial charge in [-0.25, -0.2) is 0 Å². The van der Waals surface area contributed by atoms with Gasteiger partial charge in [0.05, 0.1) is 5.92 Å². The van der Waals surface area contributed by atoms with Gasteiger partial charge in [-0.15, -0.1) is 0 Å². The lowest BCUT2D eigenvalue weighted by Gasteiger charge is -2.30. The van der Waals surface area contributed by atoms with Crippen LogP contribution in [0.1, 0.15) is 48.5 Å². The van der Waals surface area contributed by atoms with E-state index in [0.717, 1.165) is 0 Å². The van der Waals surface area contributed by atoms with Crippen molar-refractivity contribution in [3.63, 3.8) is 0 Å². The normalized spacial score (nSPS) is 16.4. The highest BCUT2D eigenvalue weighted by molar-refractivity contribution is 5.94. The van der Waals surface area contributed by atoms with Gasteiger partial charge in [-0.1, -0.05) is 26.0 Å². The number of carbonyl (C=O) groups is 2. The highest BCUT2D eigenvalue weighted by Crippen LogP contribution is 2.20. The fourth-order valence-corrected chi connectivity index (χ4v) is 2.52. The van der Waals surface area contributed by atoms with Gasteiger partial charge >= 0.3 is 5.97 Å². The number of rotatable bonds is 3. The summed E-state index contributed by atoms with van der Waals surface area (Å²) in [6, 6.07) is 7.70. The van der Waals surface area contributed by atoms with Crippen LogP contribution in [0.4, 0.5) is 0 Å². The standard InChI is InChI=1S/C16H21NO3/c1-11(2)12-3-5-13(6-4-12)15(18)17-9-7-14(8-10-17)16(19)20/h3-6,11,14H,7-10H2,1-2H3,(H,19,20). The van der Waals surface area contributed by atoms with E-state index in [1.807, 2.05) is 24.3 Å². The summed E-state index contributed by atoms with van der Waals surface area (Å²) in [7, 11) is 0. The monoisotopic (exact) mass is 275 g/mol. The second kappa shape index (κ2) is 6.07. The fraction of sp³-hybridized carbons (Fsp3) is 0.500. The first-order valence-electron chi connectivity index (χ1n) is 7.11. The van der Waals surface area contributed by atoms with Crippen LogP contribution in [-0.2, 0) is 4.79 Å². The quantitative estimate of drug-likeness (QED) is 0.922. The van der Waals surface area contributed by atoms with Crippen LogP contribution in [0, 0.1) is 5.92 Å². The summed E-state index contributed by atoms with van der Waals surface area (Å²) in [5.41, 5.74) is 1.90. The summed E-state index contributed by atoms with van der Waals surface area (Å²) in [6.07, 6.45) is 1.09. The molecule has 0 aliphatic carbocycles. The number of carbonyl (C=O) groups excluding carboxylic acids is 1. The number of carboxylic acid groups (broad SMARTS) is 1. The summed E-state index contributed by atoms with van der Waals surface area (Å²) >= 11 is 0. The molecule has 2 rings (SSSR count). The van der Waals surface area contributed by atoms with Crippen molar-refractivity contribution in [1.82, 2.24) is 4.90 Å². The molecule has 1 heterocycles. The van der Waals surface area contributed by atoms with Crippen LogP contribution < -0.4 is 0 Å². The van der Waals surface area contributed by atoms with Crippen molar-refractivity contribution in [2.75, 3.05) is 13.1 Å². The Bertz CT molecular complexity index is 485. The Hall–Kier alpha value is -1.84. The van der Waals surface area contributed by atoms with Gasteiger partial charge in [0.1, 0.15) is 0 Å². The van der Waals surface area contributed by atoms with Crippen LogP contribution in [0.15, 0.2) is 24.3 Å². The van der Waals surface area contributed by atoms with E-state index in [2.05, 4.69) is 13.8 Å². The maximum Gasteiger partial charge on any atom is 0.306 e. The SMILES string of the molecule is CC(C)c1ccc(C(=O)N2CCC(C(=O)O)CC2)cc1. The largest absolute Gasteiger partial charge is 0.481 e. The van der Waals surface area contributed by atoms with Crippen LogP contribution in [0.25, 0.3) is 0 Å². The molecule has 108 valence electrons. The van der Waals surface area contributed by atoms with Crippen molar-refractivity contribution in [2.24, 2.45) is 5.92 Å². The predicted octanol–water partition coefficient (Wildman–Crippen LogP) is 2.75. The molecule has 0 saturated carbocycles. The topological polar surface area (TPSA) is 57.6 Å². The number of benzene rings is 1. The lowest BCUT2D eigenvalue weighted by Crippen LogP contribution is -2.40. The van der Waals surface area contributed by atoms with E-state index in [9.17, 15) is 9.59 Å². The van der Waals surface area contributed by atoms with Gasteiger partial charge in [0.2, 0.25) is 0 Å². The molecule has 4 heteroatoms. The number of hydrogen-bond donors (Lipinski definition) is 1. The minimum absolute atomic E-state index is 0.00384. The summed E-state index contributed by atoms with van der Waals surface area (Å²) in [6.45, 7) is 5.30. The first-order chi connectivity index (χ1) is 9.49. The van der Waals surface area contributed by atoms with Gasteiger partial charge in [-0.05, 0) is 36.5 Å². The first-order valence-corrected chi connectivity index (χ1v) is 7.11. The minimum Gasteiger partial charge on any atom is -0.481 e. The van der Waals surface area contributed by atoms with E-state index < -0.39 is 5.97 Å². The molecule has 1 aliphatic rings. The molecule has 1 saturated heterocycles. The third-order valence-corrected chi connectivity index (χ3v) is 3.96. The molecule has 1 fully saturated rings. The van der Waals surface area contributed by atoms with Gasteiger partial charge in [0.15, 0.2) is 0 Å². The van der Waals surface area contributed by atoms with Crippen molar-refractivity contribution < 1.29 is 14.7 Å². The molecule has 20 heavy (non-hydrogen) atoms. The smallest absolute Gasteiger partial charge is 0.306 e. The molecule has 1 aromatic rings. The summed E-state index contributed by atoms with van der Waals surface area (Å²) < 4.78 is 0. The minimum atomic E-state index is -0.751. The highest BCUT2D eigenvalue weighted by Gasteiger charge is 2.27. The first kappa shape index (κ1) is 14.6. The third-order valence-electron chi connectivity index (χ3n) is 3.96. The number of hydrogen-bond acceptors (Lipinski definition) is 2. The number of likely N-dealkylation sites (tertiary alicyclic amines) is 1. The van der Waals surface area contributed by atoms with Crippen LogP contribution in [0.2, 0.25) is 0 Å². The van der Waals surface area contributed by atoms with Gasteiger partial charge in [-0.3, -0.25) is 9.59 Å². The predicted molar refractivity (Wildman–Crippen MR) is 76.8 cm³/mol. The van der Waals surface area contributed by atoms with Gasteiger partial charge in [-0.2, -0.15) is 0 Å². The molecule has 1 aliphatic heterocycles. The number of piperidine rings is 1. The van der Waals surface area contributed by atoms with E-state index in [-0.39, 0.29) is 11.8 Å². The Morgan fingerprint density at radius 2 is 1.70 bits per heavy atom. The summed E-state index contributed by atoms with van der Waals surface area (Å²) in [5.74, 6) is -0.602. The fourth-order valence-electron chi connectivity index (χ4n) is 2.52. The second-order valence-corrected chi connectivity index (χ2v) is 5.68. The molecule has 0 atom stereocenters. The Morgan fingerprint density at radius 3 is 2.15 bits per heavy atom. The van der Waals surface area contributed by atoms with E-state index in [0.29, 0.717) is 37.4 Å². The molecular formula is C16H21NO3. The highest BCUT2D eigenvalue weighted by atomic mass is 16.4. The average Bonchev–Trinajstić information content (AvgIpc) is 2.46. The number of amides is 1. The zero-order chi connectivity index (χ0) is 14.7. The van der Waals surface area contributed by atoms with E-state index in [4.69, 9.17) is 5.11 Å². The molecule has 0 bridgehead atoms. The molecule has 0 radical (unpaired) electrons. The van der Waals surface area contributed by atoms with Crippen molar-refractivity contribution >= 4 is 11.9 Å². The maximum absolute atomic E-state index is 12.3. The van der Waals surface area contributed by atoms with Crippen LogP contribution in [-0.4, -0.2) is 35.0 Å². The Labute approximate surface area is 119 Å². The number of nitrogens with zero attached hydrogens (tertiary/aromatic N) is 1. The Morgan fingerprint density at radius 1 is 1.15 bits per heavy atom. The molecule has 0 unspecified atom stereocenters. The van der Waals surface area contributed by atoms with Gasteiger partial charge in [0.25, 0.3) is 5.91 Å². The third kappa shape index (κ3) is 3.18. The van der Waals surface area contributed by atoms with Crippen LogP contribution in [0.3, 0.4) is 0 Å². The lowest BCUT2D eigenvalue weighted by molar-refractivity contribution is -0.143. The molecule has 4 nitrogen and oxygen atoms in total. The summed E-state index contributed by atoms with van der Waals surface area (Å²) in [5, 5.41) is 8.96. The summed E-state index contributed by atoms with van der Waals surface area (Å²) in [4.78, 5) is 25.0. The molecule has 1 amide bonds. The Kier molecular flexibility index (Phi) is 4.42. The van der Waals surface area contributed by atoms with Crippen molar-refractivity contribution in [3.05, 3.63) is 35.4 Å². The van der Waals surface area contributed by atoms with Crippen molar-refractivity contribution in [2.45, 2.75) is 32.6 Å². The Balaban J connectivity index is 2.00.